The number of carbonyl (C=O) groups excluding carboxylic acids is 3. The molecule has 0 unspecified atom stereocenters. The standard InChI is InChI=1S/C24H29N7O11S2/c1-24(2,22(37)38)42-29-19(14-10-43-23(25)28-14)17(33)4-13-15(31(21(13)36)44(39,40)41)5-27-20(35)11-7-30(8-11)9-12-3-16(32)18(34)6-26-12/h3,6,10-11,13,15,34H,4-5,7-9H2,1-2H3,(H2,25,28)(H,26,32)(H,27,35)(H,37,38)(H,39,40,41)/b29-19-/t13-,15+/m0/s1. The number of nitrogens with zero attached hydrogens (tertiary/aromatic N) is 4. The molecule has 2 atom stereocenters. The molecule has 238 valence electrons. The van der Waals surface area contributed by atoms with Gasteiger partial charge in [-0.25, -0.2) is 14.1 Å². The molecule has 2 saturated heterocycles. The summed E-state index contributed by atoms with van der Waals surface area (Å²) in [5, 5.41) is 26.3. The van der Waals surface area contributed by atoms with Crippen LogP contribution >= 0.6 is 11.3 Å². The molecule has 4 heterocycles. The van der Waals surface area contributed by atoms with E-state index in [2.05, 4.69) is 20.4 Å². The number of carboxylic acids is 1. The van der Waals surface area contributed by atoms with Gasteiger partial charge in [0.05, 0.1) is 17.9 Å². The van der Waals surface area contributed by atoms with E-state index < -0.39 is 87.2 Å². The second-order valence-corrected chi connectivity index (χ2v) is 12.9. The van der Waals surface area contributed by atoms with Gasteiger partial charge in [-0.3, -0.25) is 28.6 Å². The lowest BCUT2D eigenvalue weighted by molar-refractivity contribution is -0.161. The molecule has 18 nitrogen and oxygen atoms in total. The minimum atomic E-state index is -5.03. The third-order valence-corrected chi connectivity index (χ3v) is 8.64. The number of Topliss-reactive ketones (excluding diaryl/α,β-unsaturated/α-hetero) is 1. The van der Waals surface area contributed by atoms with Gasteiger partial charge in [0.2, 0.25) is 22.8 Å². The Morgan fingerprint density at radius 1 is 1.30 bits per heavy atom. The summed E-state index contributed by atoms with van der Waals surface area (Å²) in [4.78, 5) is 75.4. The van der Waals surface area contributed by atoms with Crippen LogP contribution in [0.1, 0.15) is 31.7 Å². The third kappa shape index (κ3) is 7.04. The van der Waals surface area contributed by atoms with Gasteiger partial charge in [-0.15, -0.1) is 11.3 Å². The highest BCUT2D eigenvalue weighted by molar-refractivity contribution is 7.84. The molecule has 44 heavy (non-hydrogen) atoms. The van der Waals surface area contributed by atoms with Gasteiger partial charge in [-0.05, 0) is 13.8 Å². The Bertz CT molecular complexity index is 1680. The Hall–Kier alpha value is -4.40. The minimum absolute atomic E-state index is 0.0572. The number of nitrogens with two attached hydrogens (primary N) is 1. The Kier molecular flexibility index (Phi) is 9.09. The van der Waals surface area contributed by atoms with Crippen LogP contribution in [0.5, 0.6) is 5.75 Å². The molecule has 4 rings (SSSR count). The van der Waals surface area contributed by atoms with Crippen molar-refractivity contribution in [1.82, 2.24) is 24.5 Å². The number of likely N-dealkylation sites (tertiary alicyclic amines) is 1. The fourth-order valence-corrected chi connectivity index (χ4v) is 5.96. The normalized spacial score (nSPS) is 19.7. The van der Waals surface area contributed by atoms with Crippen LogP contribution in [0.4, 0.5) is 5.13 Å². The van der Waals surface area contributed by atoms with Crippen molar-refractivity contribution < 1.29 is 47.2 Å². The van der Waals surface area contributed by atoms with E-state index in [0.29, 0.717) is 25.3 Å². The monoisotopic (exact) mass is 655 g/mol. The molecule has 7 N–H and O–H groups in total. The van der Waals surface area contributed by atoms with Crippen LogP contribution in [0, 0.1) is 11.8 Å². The van der Waals surface area contributed by atoms with E-state index in [1.807, 2.05) is 4.90 Å². The summed E-state index contributed by atoms with van der Waals surface area (Å²) in [6.07, 6.45) is 0.523. The maximum Gasteiger partial charge on any atom is 0.362 e. The Labute approximate surface area is 253 Å². The zero-order valence-electron chi connectivity index (χ0n) is 23.3. The number of H-pyrrole nitrogens is 1. The SMILES string of the molecule is CC(C)(O/N=C(\C(=O)C[C@@H]1C(=O)N(S(=O)(=O)O)[C@@H]1CNC(=O)C1CN(Cc2cc(=O)c(O)c[nH]2)C1)c1csc(N)n1)C(=O)O. The number of hydrogen-bond acceptors (Lipinski definition) is 14. The molecule has 2 amide bonds. The summed E-state index contributed by atoms with van der Waals surface area (Å²) in [6, 6.07) is -0.0813. The second-order valence-electron chi connectivity index (χ2n) is 10.7. The van der Waals surface area contributed by atoms with Crippen LogP contribution in [0.2, 0.25) is 0 Å². The predicted octanol–water partition coefficient (Wildman–Crippen LogP) is -1.46. The summed E-state index contributed by atoms with van der Waals surface area (Å²) >= 11 is 0.954. The van der Waals surface area contributed by atoms with E-state index in [-0.39, 0.29) is 15.1 Å². The maximum absolute atomic E-state index is 13.3. The van der Waals surface area contributed by atoms with Gasteiger partial charge < -0.3 is 31.1 Å². The number of aromatic amines is 1. The number of pyridine rings is 1. The molecule has 0 aromatic carbocycles. The van der Waals surface area contributed by atoms with Crippen LogP contribution < -0.4 is 16.5 Å². The molecule has 2 aliphatic rings. The van der Waals surface area contributed by atoms with Gasteiger partial charge in [0, 0.05) is 55.9 Å². The van der Waals surface area contributed by atoms with Crippen molar-refractivity contribution in [2.24, 2.45) is 17.0 Å². The van der Waals surface area contributed by atoms with Crippen molar-refractivity contribution in [3.63, 3.8) is 0 Å². The van der Waals surface area contributed by atoms with Crippen molar-refractivity contribution >= 4 is 56.1 Å². The highest BCUT2D eigenvalue weighted by Crippen LogP contribution is 2.33. The van der Waals surface area contributed by atoms with Crippen molar-refractivity contribution in [2.75, 3.05) is 25.4 Å². The number of carboxylic acid groups (broad SMARTS) is 1. The lowest BCUT2D eigenvalue weighted by Crippen LogP contribution is -2.67. The Balaban J connectivity index is 1.42. The van der Waals surface area contributed by atoms with E-state index in [1.54, 1.807) is 0 Å². The smallest absolute Gasteiger partial charge is 0.362 e. The number of aromatic nitrogens is 2. The average molecular weight is 656 g/mol. The zero-order valence-corrected chi connectivity index (χ0v) is 24.9. The van der Waals surface area contributed by atoms with E-state index in [4.69, 9.17) is 10.6 Å². The third-order valence-electron chi connectivity index (χ3n) is 7.02. The molecule has 0 radical (unpaired) electrons. The number of nitrogen functional groups attached to an aromatic ring is 1. The number of thiazole rings is 1. The largest absolute Gasteiger partial charge is 0.503 e. The van der Waals surface area contributed by atoms with Crippen molar-refractivity contribution in [2.45, 2.75) is 38.5 Å². The maximum atomic E-state index is 13.3. The molecular weight excluding hydrogens is 626 g/mol. The van der Waals surface area contributed by atoms with Gasteiger partial charge in [-0.1, -0.05) is 5.16 Å². The number of hydrogen-bond donors (Lipinski definition) is 6. The molecule has 0 aliphatic carbocycles. The van der Waals surface area contributed by atoms with Gasteiger partial charge in [0.1, 0.15) is 5.69 Å². The molecule has 0 bridgehead atoms. The predicted molar refractivity (Wildman–Crippen MR) is 152 cm³/mol. The number of β-lactam (4-membered cyclic amide) rings is 1. The summed E-state index contributed by atoms with van der Waals surface area (Å²) in [5.74, 6) is -6.03. The fraction of sp³-hybridized carbons (Fsp3) is 0.458. The van der Waals surface area contributed by atoms with Crippen LogP contribution in [0.3, 0.4) is 0 Å². The second kappa shape index (κ2) is 12.3. The number of ketones is 1. The quantitative estimate of drug-likeness (QED) is 0.0623. The number of aromatic hydroxyl groups is 1. The molecule has 20 heteroatoms. The zero-order chi connectivity index (χ0) is 32.6. The summed E-state index contributed by atoms with van der Waals surface area (Å²) in [5.41, 5.74) is 3.26. The molecule has 0 saturated carbocycles. The molecule has 2 aromatic heterocycles. The molecule has 2 aromatic rings. The lowest BCUT2D eigenvalue weighted by Gasteiger charge is -2.44. The highest BCUT2D eigenvalue weighted by Gasteiger charge is 2.54. The first-order chi connectivity index (χ1) is 20.5. The van der Waals surface area contributed by atoms with Crippen LogP contribution in [0.15, 0.2) is 27.6 Å². The van der Waals surface area contributed by atoms with E-state index in [0.717, 1.165) is 17.5 Å². The highest BCUT2D eigenvalue weighted by atomic mass is 32.2. The molecule has 2 fully saturated rings. The molecule has 2 aliphatic heterocycles. The number of carbonyl (C=O) groups is 4. The Morgan fingerprint density at radius 3 is 2.55 bits per heavy atom. The number of anilines is 1. The van der Waals surface area contributed by atoms with Gasteiger partial charge in [0.15, 0.2) is 22.4 Å². The number of rotatable bonds is 13. The number of amides is 2. The van der Waals surface area contributed by atoms with E-state index in [1.165, 1.54) is 25.3 Å². The van der Waals surface area contributed by atoms with Crippen LogP contribution in [-0.4, -0.2) is 103 Å². The fourth-order valence-electron chi connectivity index (χ4n) is 4.49. The van der Waals surface area contributed by atoms with E-state index >= 15 is 0 Å². The number of aliphatic carboxylic acids is 1. The van der Waals surface area contributed by atoms with Gasteiger partial charge in [-0.2, -0.15) is 8.42 Å². The summed E-state index contributed by atoms with van der Waals surface area (Å²) in [7, 11) is -5.03. The summed E-state index contributed by atoms with van der Waals surface area (Å²) < 4.78 is 33.6. The first-order valence-electron chi connectivity index (χ1n) is 12.9. The Morgan fingerprint density at radius 2 is 1.98 bits per heavy atom. The van der Waals surface area contributed by atoms with Crippen LogP contribution in [0.25, 0.3) is 0 Å². The minimum Gasteiger partial charge on any atom is -0.503 e. The first kappa shape index (κ1) is 32.5. The van der Waals surface area contributed by atoms with E-state index in [9.17, 15) is 47.2 Å². The van der Waals surface area contributed by atoms with Crippen molar-refractivity contribution in [3.05, 3.63) is 39.3 Å². The van der Waals surface area contributed by atoms with Gasteiger partial charge in [0.25, 0.3) is 0 Å². The van der Waals surface area contributed by atoms with Crippen LogP contribution in [-0.2, 0) is 40.9 Å². The number of oxime groups is 1. The first-order valence-corrected chi connectivity index (χ1v) is 15.2. The topological polar surface area (TPSA) is 275 Å². The molecule has 0 spiro atoms. The number of nitrogens with one attached hydrogen (secondary N) is 2. The average Bonchev–Trinajstić information content (AvgIpc) is 3.33. The summed E-state index contributed by atoms with van der Waals surface area (Å²) in [6.45, 7) is 2.85. The van der Waals surface area contributed by atoms with Crippen molar-refractivity contribution in [3.8, 4) is 5.75 Å². The lowest BCUT2D eigenvalue weighted by atomic mass is 9.84. The van der Waals surface area contributed by atoms with Crippen molar-refractivity contribution in [1.29, 1.82) is 0 Å². The molecular formula is C24H29N7O11S2. The van der Waals surface area contributed by atoms with Gasteiger partial charge >= 0.3 is 16.3 Å².